The molecule has 3 saturated heterocycles. The molecule has 1 unspecified atom stereocenters. The molecule has 0 N–H and O–H groups in total. The summed E-state index contributed by atoms with van der Waals surface area (Å²) >= 11 is 0. The molecule has 3 rings (SSSR count). The number of epoxide rings is 3. The lowest BCUT2D eigenvalue weighted by Crippen LogP contribution is -2.27. The molecule has 4 atom stereocenters. The largest absolute Gasteiger partial charge is 0.379 e. The van der Waals surface area contributed by atoms with Gasteiger partial charge in [-0.05, 0) is 19.3 Å². The maximum absolute atomic E-state index is 5.94. The number of hydrogen-bond donors (Lipinski definition) is 0. The van der Waals surface area contributed by atoms with Crippen molar-refractivity contribution in [3.05, 3.63) is 0 Å². The maximum atomic E-state index is 5.94. The highest BCUT2D eigenvalue weighted by atomic mass is 16.6. The standard InChI is InChI=1S/C21H38O9/c1(6-24-12-19-15-28-19)4-22-10-18(27-9-3-8-26-14-21-17-30-21)11-23-5-2-7-25-13-20-16-29-20/h18-21H,1-17H2/t18?,19-,20+,21-/m0/s1. The van der Waals surface area contributed by atoms with Gasteiger partial charge in [0, 0.05) is 39.6 Å². The molecular weight excluding hydrogens is 396 g/mol. The van der Waals surface area contributed by atoms with Crippen LogP contribution in [0.4, 0.5) is 0 Å². The highest BCUT2D eigenvalue weighted by Crippen LogP contribution is 2.10. The Morgan fingerprint density at radius 1 is 0.533 bits per heavy atom. The molecule has 3 aliphatic heterocycles. The average molecular weight is 435 g/mol. The normalized spacial score (nSPS) is 25.4. The van der Waals surface area contributed by atoms with Crippen molar-refractivity contribution < 1.29 is 42.6 Å². The Balaban J connectivity index is 1.15. The minimum absolute atomic E-state index is 0.0849. The van der Waals surface area contributed by atoms with Gasteiger partial charge in [-0.2, -0.15) is 0 Å². The van der Waals surface area contributed by atoms with E-state index in [0.29, 0.717) is 91.0 Å². The monoisotopic (exact) mass is 434 g/mol. The molecule has 0 spiro atoms. The van der Waals surface area contributed by atoms with Crippen LogP contribution in [0.15, 0.2) is 0 Å². The summed E-state index contributed by atoms with van der Waals surface area (Å²) in [6, 6.07) is 0. The zero-order valence-corrected chi connectivity index (χ0v) is 18.0. The third-order valence-electron chi connectivity index (χ3n) is 4.67. The molecule has 30 heavy (non-hydrogen) atoms. The quantitative estimate of drug-likeness (QED) is 0.171. The Hall–Kier alpha value is -0.360. The van der Waals surface area contributed by atoms with E-state index < -0.39 is 0 Å². The second-order valence-corrected chi connectivity index (χ2v) is 7.79. The SMILES string of the molecule is C(COCC(COCCCOC[C@H]1CO1)OCCCOC[C@H]1CO1)COC[C@@H]1CO1. The molecule has 0 saturated carbocycles. The fraction of sp³-hybridized carbons (Fsp3) is 1.00. The lowest BCUT2D eigenvalue weighted by atomic mass is 10.3. The van der Waals surface area contributed by atoms with Crippen LogP contribution in [-0.4, -0.2) is 117 Å². The first kappa shape index (κ1) is 24.3. The molecule has 9 nitrogen and oxygen atoms in total. The Bertz CT molecular complexity index is 387. The van der Waals surface area contributed by atoms with Crippen molar-refractivity contribution in [1.29, 1.82) is 0 Å². The van der Waals surface area contributed by atoms with Crippen LogP contribution >= 0.6 is 0 Å². The fourth-order valence-electron chi connectivity index (χ4n) is 2.65. The van der Waals surface area contributed by atoms with Gasteiger partial charge in [0.15, 0.2) is 0 Å². The molecule has 0 bridgehead atoms. The van der Waals surface area contributed by atoms with Crippen molar-refractivity contribution in [3.8, 4) is 0 Å². The van der Waals surface area contributed by atoms with Gasteiger partial charge in [0.05, 0.1) is 52.9 Å². The third-order valence-corrected chi connectivity index (χ3v) is 4.67. The smallest absolute Gasteiger partial charge is 0.104 e. The average Bonchev–Trinajstić information content (AvgIpc) is 3.61. The van der Waals surface area contributed by atoms with Crippen molar-refractivity contribution in [1.82, 2.24) is 0 Å². The van der Waals surface area contributed by atoms with Gasteiger partial charge in [-0.25, -0.2) is 0 Å². The Morgan fingerprint density at radius 2 is 0.900 bits per heavy atom. The Morgan fingerprint density at radius 3 is 1.30 bits per heavy atom. The lowest BCUT2D eigenvalue weighted by Gasteiger charge is -2.18. The molecule has 9 heteroatoms. The van der Waals surface area contributed by atoms with E-state index in [9.17, 15) is 0 Å². The van der Waals surface area contributed by atoms with Crippen molar-refractivity contribution in [3.63, 3.8) is 0 Å². The van der Waals surface area contributed by atoms with E-state index in [2.05, 4.69) is 0 Å². The van der Waals surface area contributed by atoms with Crippen LogP contribution in [0.5, 0.6) is 0 Å². The van der Waals surface area contributed by atoms with Gasteiger partial charge in [-0.15, -0.1) is 0 Å². The van der Waals surface area contributed by atoms with Crippen LogP contribution in [0.1, 0.15) is 19.3 Å². The highest BCUT2D eigenvalue weighted by molar-refractivity contribution is 4.68. The van der Waals surface area contributed by atoms with Crippen molar-refractivity contribution >= 4 is 0 Å². The van der Waals surface area contributed by atoms with E-state index in [4.69, 9.17) is 42.6 Å². The summed E-state index contributed by atoms with van der Waals surface area (Å²) in [6.07, 6.45) is 3.42. The maximum Gasteiger partial charge on any atom is 0.104 e. The predicted octanol–water partition coefficient (Wildman–Crippen LogP) is 0.821. The van der Waals surface area contributed by atoms with E-state index in [1.54, 1.807) is 0 Å². The van der Waals surface area contributed by atoms with Crippen LogP contribution in [-0.2, 0) is 42.6 Å². The van der Waals surface area contributed by atoms with Crippen molar-refractivity contribution in [2.75, 3.05) is 92.5 Å². The molecule has 3 aliphatic rings. The zero-order chi connectivity index (χ0) is 20.7. The molecule has 0 radical (unpaired) electrons. The van der Waals surface area contributed by atoms with Crippen LogP contribution in [0.2, 0.25) is 0 Å². The molecular formula is C21H38O9. The molecule has 0 aromatic carbocycles. The van der Waals surface area contributed by atoms with Crippen LogP contribution in [0.25, 0.3) is 0 Å². The van der Waals surface area contributed by atoms with Gasteiger partial charge in [0.2, 0.25) is 0 Å². The van der Waals surface area contributed by atoms with Crippen molar-refractivity contribution in [2.24, 2.45) is 0 Å². The second kappa shape index (κ2) is 15.4. The molecule has 0 aromatic rings. The van der Waals surface area contributed by atoms with E-state index in [1.165, 1.54) is 0 Å². The van der Waals surface area contributed by atoms with Crippen LogP contribution in [0, 0.1) is 0 Å². The van der Waals surface area contributed by atoms with Gasteiger partial charge >= 0.3 is 0 Å². The molecule has 176 valence electrons. The summed E-state index contributed by atoms with van der Waals surface area (Å²) in [5, 5.41) is 0. The highest BCUT2D eigenvalue weighted by Gasteiger charge is 2.23. The number of ether oxygens (including phenoxy) is 9. The summed E-state index contributed by atoms with van der Waals surface area (Å²) in [4.78, 5) is 0. The van der Waals surface area contributed by atoms with Gasteiger partial charge in [0.25, 0.3) is 0 Å². The van der Waals surface area contributed by atoms with E-state index in [0.717, 1.165) is 39.1 Å². The minimum atomic E-state index is -0.0849. The fourth-order valence-corrected chi connectivity index (χ4v) is 2.65. The molecule has 3 heterocycles. The number of rotatable bonds is 23. The van der Waals surface area contributed by atoms with E-state index in [-0.39, 0.29) is 6.10 Å². The first-order chi connectivity index (χ1) is 14.9. The Labute approximate surface area is 179 Å². The Kier molecular flexibility index (Phi) is 12.5. The van der Waals surface area contributed by atoms with E-state index >= 15 is 0 Å². The van der Waals surface area contributed by atoms with E-state index in [1.807, 2.05) is 0 Å². The topological polar surface area (TPSA) is 93.0 Å². The molecule has 0 aromatic heterocycles. The predicted molar refractivity (Wildman–Crippen MR) is 107 cm³/mol. The summed E-state index contributed by atoms with van der Waals surface area (Å²) in [5.41, 5.74) is 0. The minimum Gasteiger partial charge on any atom is -0.379 e. The summed E-state index contributed by atoms with van der Waals surface area (Å²) in [7, 11) is 0. The second-order valence-electron chi connectivity index (χ2n) is 7.79. The molecule has 0 aliphatic carbocycles. The zero-order valence-electron chi connectivity index (χ0n) is 18.0. The molecule has 3 fully saturated rings. The van der Waals surface area contributed by atoms with Crippen LogP contribution < -0.4 is 0 Å². The summed E-state index contributed by atoms with van der Waals surface area (Å²) in [5.74, 6) is 0. The summed E-state index contributed by atoms with van der Waals surface area (Å²) in [6.45, 7) is 9.54. The summed E-state index contributed by atoms with van der Waals surface area (Å²) < 4.78 is 49.4. The molecule has 0 amide bonds. The number of hydrogen-bond acceptors (Lipinski definition) is 9. The van der Waals surface area contributed by atoms with Gasteiger partial charge in [-0.1, -0.05) is 0 Å². The first-order valence-electron chi connectivity index (χ1n) is 11.3. The lowest BCUT2D eigenvalue weighted by molar-refractivity contribution is -0.0676. The van der Waals surface area contributed by atoms with Gasteiger partial charge in [-0.3, -0.25) is 0 Å². The van der Waals surface area contributed by atoms with Gasteiger partial charge in [0.1, 0.15) is 24.4 Å². The van der Waals surface area contributed by atoms with Crippen molar-refractivity contribution in [2.45, 2.75) is 43.7 Å². The first-order valence-corrected chi connectivity index (χ1v) is 11.3. The van der Waals surface area contributed by atoms with Gasteiger partial charge < -0.3 is 42.6 Å². The van der Waals surface area contributed by atoms with Crippen LogP contribution in [0.3, 0.4) is 0 Å². The third kappa shape index (κ3) is 13.8.